The summed E-state index contributed by atoms with van der Waals surface area (Å²) in [6, 6.07) is 40.5. The molecule has 2 saturated carbocycles. The molecule has 4 heteroatoms. The Bertz CT molecular complexity index is 3820. The van der Waals surface area contributed by atoms with E-state index in [9.17, 15) is 0 Å². The van der Waals surface area contributed by atoms with Crippen LogP contribution in [0.3, 0.4) is 0 Å². The number of aromatic nitrogens is 3. The lowest BCUT2D eigenvalue weighted by Crippen LogP contribution is -2.59. The molecule has 0 atom stereocenters. The SMILES string of the molecule is CC(C)(C)c1cc(-c2cccc(-c3cc4c5c(c3)-n3c6cc(C(C)(C)C)cc(C(C)(C)C)c6c6cc(C7CCCCC7)cc(c63)B5c3cc(C5CCCCC5)cc5c6c(C(C)(C)C)cc(C(C)(C)C)cc6n-4c35)n2)cc(C(C)(C)C)c1. The second-order valence-electron chi connectivity index (χ2n) is 32.3. The van der Waals surface area contributed by atoms with Crippen LogP contribution in [-0.2, 0) is 32.5 Å². The average Bonchev–Trinajstić information content (AvgIpc) is 2.99. The number of benzene rings is 6. The van der Waals surface area contributed by atoms with E-state index in [-0.39, 0.29) is 39.2 Å². The van der Waals surface area contributed by atoms with Gasteiger partial charge in [0.15, 0.2) is 0 Å². The molecule has 2 fully saturated rings. The van der Waals surface area contributed by atoms with E-state index >= 15 is 0 Å². The van der Waals surface area contributed by atoms with Gasteiger partial charge in [-0.1, -0.05) is 200 Å². The Balaban J connectivity index is 1.22. The van der Waals surface area contributed by atoms with E-state index in [0.717, 1.165) is 17.0 Å². The fourth-order valence-electron chi connectivity index (χ4n) is 15.3. The molecule has 3 nitrogen and oxygen atoms in total. The van der Waals surface area contributed by atoms with Gasteiger partial charge in [0.25, 0.3) is 6.71 Å². The molecule has 6 aromatic carbocycles. The van der Waals surface area contributed by atoms with E-state index in [1.807, 2.05) is 0 Å². The van der Waals surface area contributed by atoms with Crippen molar-refractivity contribution in [2.45, 2.75) is 233 Å². The van der Waals surface area contributed by atoms with Gasteiger partial charge in [-0.15, -0.1) is 0 Å². The van der Waals surface area contributed by atoms with Gasteiger partial charge in [0, 0.05) is 55.1 Å². The van der Waals surface area contributed by atoms with Crippen LogP contribution in [0, 0.1) is 0 Å². The van der Waals surface area contributed by atoms with Crippen LogP contribution in [0.2, 0.25) is 0 Å². The van der Waals surface area contributed by atoms with E-state index in [1.165, 1.54) is 175 Å². The van der Waals surface area contributed by atoms with Crippen LogP contribution in [0.15, 0.2) is 97.1 Å². The topological polar surface area (TPSA) is 22.8 Å². The molecule has 418 valence electrons. The third kappa shape index (κ3) is 8.90. The quantitative estimate of drug-likeness (QED) is 0.161. The fraction of sp³-hybridized carbons (Fsp3) is 0.468. The lowest BCUT2D eigenvalue weighted by molar-refractivity contribution is 0.444. The molecule has 0 N–H and O–H groups in total. The maximum absolute atomic E-state index is 5.80. The Kier molecular flexibility index (Phi) is 12.3. The highest BCUT2D eigenvalue weighted by molar-refractivity contribution is 7.00. The minimum atomic E-state index is -0.0916. The molecule has 0 unspecified atom stereocenters. The van der Waals surface area contributed by atoms with Crippen molar-refractivity contribution in [3.63, 3.8) is 0 Å². The molecule has 3 aromatic heterocycles. The van der Waals surface area contributed by atoms with Gasteiger partial charge in [0.05, 0.1) is 22.4 Å². The van der Waals surface area contributed by atoms with Crippen molar-refractivity contribution in [2.24, 2.45) is 0 Å². The van der Waals surface area contributed by atoms with E-state index in [1.54, 1.807) is 11.1 Å². The van der Waals surface area contributed by atoms with Crippen LogP contribution < -0.4 is 16.4 Å². The lowest BCUT2D eigenvalue weighted by atomic mass is 9.34. The number of rotatable bonds is 4. The minimum Gasteiger partial charge on any atom is -0.310 e. The number of hydrogen-bond acceptors (Lipinski definition) is 1. The summed E-state index contributed by atoms with van der Waals surface area (Å²) in [5, 5.41) is 5.75. The summed E-state index contributed by atoms with van der Waals surface area (Å²) in [4.78, 5) is 5.80. The molecule has 2 aliphatic carbocycles. The average molecular weight is 1070 g/mol. The Hall–Kier alpha value is -5.87. The molecule has 9 aromatic rings. The van der Waals surface area contributed by atoms with Crippen molar-refractivity contribution in [2.75, 3.05) is 0 Å². The second-order valence-corrected chi connectivity index (χ2v) is 32.3. The molecule has 0 radical (unpaired) electrons. The standard InChI is InChI=1S/C77H92BN3/c1-72(2,3)51-32-49(33-52(40-51)73(4,5)6)61-30-25-31-62(79-61)50-38-65-69-66(39-50)81-64-44-54(75(10,11)12)42-58(77(16,17)18)68(64)56-35-48(46-28-23-20-24-29-46)37-60(71(56)81)78(69)59-36-47(45-26-21-19-22-27-45)34-55-67-57(76(13,14)15)41-53(74(7,8)9)43-63(67)80(65)70(55)59/h25,30-46H,19-24,26-29H2,1-18H3. The summed E-state index contributed by atoms with van der Waals surface area (Å²) >= 11 is 0. The van der Waals surface area contributed by atoms with Crippen LogP contribution in [-0.4, -0.2) is 20.8 Å². The van der Waals surface area contributed by atoms with E-state index in [2.05, 4.69) is 231 Å². The van der Waals surface area contributed by atoms with E-state index in [0.29, 0.717) is 11.8 Å². The molecule has 13 rings (SSSR count). The Morgan fingerprint density at radius 3 is 1.14 bits per heavy atom. The van der Waals surface area contributed by atoms with Gasteiger partial charge in [-0.2, -0.15) is 0 Å². The molecule has 0 bridgehead atoms. The maximum Gasteiger partial charge on any atom is 0.252 e. The van der Waals surface area contributed by atoms with Gasteiger partial charge in [-0.05, 0) is 192 Å². The Labute approximate surface area is 486 Å². The highest BCUT2D eigenvalue weighted by atomic mass is 15.0. The zero-order valence-electron chi connectivity index (χ0n) is 52.9. The summed E-state index contributed by atoms with van der Waals surface area (Å²) in [7, 11) is 0. The van der Waals surface area contributed by atoms with E-state index in [4.69, 9.17) is 4.98 Å². The van der Waals surface area contributed by atoms with Crippen molar-refractivity contribution in [1.82, 2.24) is 14.1 Å². The summed E-state index contributed by atoms with van der Waals surface area (Å²) in [5.41, 5.74) is 28.1. The molecule has 2 aliphatic heterocycles. The summed E-state index contributed by atoms with van der Waals surface area (Å²) in [6.07, 6.45) is 13.0. The second kappa shape index (κ2) is 18.3. The first-order valence-corrected chi connectivity index (χ1v) is 31.6. The Morgan fingerprint density at radius 2 is 0.765 bits per heavy atom. The fourth-order valence-corrected chi connectivity index (χ4v) is 15.3. The van der Waals surface area contributed by atoms with Crippen molar-refractivity contribution >= 4 is 66.7 Å². The molecule has 0 spiro atoms. The normalized spacial score (nSPS) is 16.6. The molecule has 5 heterocycles. The zero-order valence-corrected chi connectivity index (χ0v) is 52.9. The molecule has 0 saturated heterocycles. The summed E-state index contributed by atoms with van der Waals surface area (Å²) < 4.78 is 5.58. The van der Waals surface area contributed by atoms with Gasteiger partial charge in [0.2, 0.25) is 0 Å². The molecule has 0 amide bonds. The largest absolute Gasteiger partial charge is 0.310 e. The van der Waals surface area contributed by atoms with Gasteiger partial charge >= 0.3 is 0 Å². The first-order chi connectivity index (χ1) is 37.9. The van der Waals surface area contributed by atoms with Crippen LogP contribution in [0.4, 0.5) is 0 Å². The van der Waals surface area contributed by atoms with Crippen LogP contribution in [0.25, 0.3) is 77.5 Å². The maximum atomic E-state index is 5.80. The van der Waals surface area contributed by atoms with Crippen molar-refractivity contribution in [1.29, 1.82) is 0 Å². The summed E-state index contributed by atoms with van der Waals surface area (Å²) in [6.45, 7) is 43.2. The van der Waals surface area contributed by atoms with Crippen molar-refractivity contribution in [3.05, 3.63) is 142 Å². The molecular formula is C77H92BN3. The van der Waals surface area contributed by atoms with Crippen LogP contribution in [0.1, 0.15) is 245 Å². The van der Waals surface area contributed by atoms with Crippen molar-refractivity contribution in [3.8, 4) is 33.9 Å². The van der Waals surface area contributed by atoms with Gasteiger partial charge in [-0.25, -0.2) is 4.98 Å². The number of nitrogens with zero attached hydrogens (tertiary/aromatic N) is 3. The first-order valence-electron chi connectivity index (χ1n) is 31.6. The van der Waals surface area contributed by atoms with Gasteiger partial charge in [0.1, 0.15) is 0 Å². The summed E-state index contributed by atoms with van der Waals surface area (Å²) in [5.74, 6) is 1.12. The highest BCUT2D eigenvalue weighted by Gasteiger charge is 2.44. The number of pyridine rings is 1. The first kappa shape index (κ1) is 54.4. The third-order valence-corrected chi connectivity index (χ3v) is 20.1. The predicted octanol–water partition coefficient (Wildman–Crippen LogP) is 19.6. The predicted molar refractivity (Wildman–Crippen MR) is 352 cm³/mol. The third-order valence-electron chi connectivity index (χ3n) is 20.1. The lowest BCUT2D eigenvalue weighted by Gasteiger charge is -2.35. The monoisotopic (exact) mass is 1070 g/mol. The Morgan fingerprint density at radius 1 is 0.395 bits per heavy atom. The molecular weight excluding hydrogens is 978 g/mol. The minimum absolute atomic E-state index is 0.0125. The molecule has 4 aliphatic rings. The molecule has 81 heavy (non-hydrogen) atoms. The van der Waals surface area contributed by atoms with Crippen LogP contribution in [0.5, 0.6) is 0 Å². The van der Waals surface area contributed by atoms with Gasteiger partial charge in [-0.3, -0.25) is 0 Å². The van der Waals surface area contributed by atoms with Crippen molar-refractivity contribution < 1.29 is 0 Å². The highest BCUT2D eigenvalue weighted by Crippen LogP contribution is 2.49. The smallest absolute Gasteiger partial charge is 0.252 e. The number of hydrogen-bond donors (Lipinski definition) is 0. The number of fused-ring (bicyclic) bond motifs is 10. The van der Waals surface area contributed by atoms with Crippen LogP contribution >= 0.6 is 0 Å². The van der Waals surface area contributed by atoms with Gasteiger partial charge < -0.3 is 9.13 Å². The van der Waals surface area contributed by atoms with E-state index < -0.39 is 0 Å². The zero-order chi connectivity index (χ0) is 57.4.